The highest BCUT2D eigenvalue weighted by Gasteiger charge is 2.65. The summed E-state index contributed by atoms with van der Waals surface area (Å²) < 4.78 is 0. The molecule has 0 aliphatic carbocycles. The topological polar surface area (TPSA) is 56.8 Å². The maximum absolute atomic E-state index is 13.1. The van der Waals surface area contributed by atoms with Gasteiger partial charge in [-0.25, -0.2) is 4.98 Å². The van der Waals surface area contributed by atoms with E-state index >= 15 is 0 Å². The molecule has 1 aromatic heterocycles. The van der Waals surface area contributed by atoms with E-state index < -0.39 is 0 Å². The molecule has 0 radical (unpaired) electrons. The Kier molecular flexibility index (Phi) is 4.11. The summed E-state index contributed by atoms with van der Waals surface area (Å²) in [6.45, 7) is 6.65. The van der Waals surface area contributed by atoms with Crippen LogP contribution in [0, 0.1) is 10.8 Å². The number of rotatable bonds is 2. The first kappa shape index (κ1) is 17.0. The molecule has 4 heterocycles. The molecule has 1 aromatic rings. The zero-order chi connectivity index (χ0) is 17.7. The molecule has 7 heteroatoms. The molecule has 6 nitrogen and oxygen atoms in total. The van der Waals surface area contributed by atoms with Gasteiger partial charge >= 0.3 is 0 Å². The van der Waals surface area contributed by atoms with Gasteiger partial charge in [-0.1, -0.05) is 0 Å². The maximum atomic E-state index is 13.1. The fourth-order valence-electron chi connectivity index (χ4n) is 5.16. The zero-order valence-corrected chi connectivity index (χ0v) is 15.8. The molecule has 3 aliphatic rings. The van der Waals surface area contributed by atoms with Gasteiger partial charge in [0, 0.05) is 50.6 Å². The molecular weight excluding hydrogens is 336 g/mol. The summed E-state index contributed by atoms with van der Waals surface area (Å²) in [7, 11) is 1.90. The van der Waals surface area contributed by atoms with Crippen LogP contribution in [0.2, 0.25) is 0 Å². The number of nitrogens with zero attached hydrogens (tertiary/aromatic N) is 4. The van der Waals surface area contributed by atoms with E-state index in [4.69, 9.17) is 0 Å². The zero-order valence-electron chi connectivity index (χ0n) is 15.0. The van der Waals surface area contributed by atoms with Crippen LogP contribution in [0.5, 0.6) is 0 Å². The summed E-state index contributed by atoms with van der Waals surface area (Å²) >= 11 is 1.70. The van der Waals surface area contributed by atoms with Crippen molar-refractivity contribution in [3.05, 3.63) is 16.6 Å². The van der Waals surface area contributed by atoms with E-state index in [1.54, 1.807) is 18.3 Å². The molecule has 1 unspecified atom stereocenters. The molecule has 3 aliphatic heterocycles. The molecule has 0 bridgehead atoms. The summed E-state index contributed by atoms with van der Waals surface area (Å²) in [4.78, 5) is 35.8. The van der Waals surface area contributed by atoms with Crippen LogP contribution in [-0.4, -0.2) is 71.3 Å². The van der Waals surface area contributed by atoms with E-state index in [0.717, 1.165) is 57.0 Å². The first-order chi connectivity index (χ1) is 12.0. The molecule has 2 amide bonds. The third kappa shape index (κ3) is 2.59. The van der Waals surface area contributed by atoms with E-state index in [2.05, 4.69) is 9.88 Å². The van der Waals surface area contributed by atoms with Crippen LogP contribution in [-0.2, 0) is 16.1 Å². The number of carbonyl (C=O) groups excluding carboxylic acids is 2. The molecule has 0 saturated carbocycles. The Morgan fingerprint density at radius 1 is 1.24 bits per heavy atom. The lowest BCUT2D eigenvalue weighted by Crippen LogP contribution is -2.52. The SMILES string of the molecule is CC(=O)N1CC2(CCN(Cc3nccs3)CC2)C2(CCN(C)C2=O)C1. The van der Waals surface area contributed by atoms with Gasteiger partial charge in [0.05, 0.1) is 12.0 Å². The second-order valence-electron chi connectivity index (χ2n) is 7.92. The van der Waals surface area contributed by atoms with Crippen LogP contribution in [0.1, 0.15) is 31.2 Å². The third-order valence-electron chi connectivity index (χ3n) is 6.70. The van der Waals surface area contributed by atoms with Crippen molar-refractivity contribution in [1.82, 2.24) is 19.7 Å². The molecule has 1 atom stereocenters. The Hall–Kier alpha value is -1.47. The van der Waals surface area contributed by atoms with E-state index in [1.807, 2.05) is 28.4 Å². The van der Waals surface area contributed by atoms with Gasteiger partial charge in [-0.2, -0.15) is 0 Å². The number of hydrogen-bond donors (Lipinski definition) is 0. The number of fused-ring (bicyclic) bond motifs is 1. The summed E-state index contributed by atoms with van der Waals surface area (Å²) in [6.07, 6.45) is 4.72. The summed E-state index contributed by atoms with van der Waals surface area (Å²) in [5.41, 5.74) is -0.416. The van der Waals surface area contributed by atoms with Gasteiger partial charge in [-0.3, -0.25) is 14.5 Å². The Bertz CT molecular complexity index is 669. The van der Waals surface area contributed by atoms with Crippen molar-refractivity contribution in [3.8, 4) is 0 Å². The monoisotopic (exact) mass is 362 g/mol. The highest BCUT2D eigenvalue weighted by atomic mass is 32.1. The Morgan fingerprint density at radius 3 is 2.56 bits per heavy atom. The Morgan fingerprint density at radius 2 is 2.00 bits per heavy atom. The van der Waals surface area contributed by atoms with E-state index in [9.17, 15) is 9.59 Å². The summed E-state index contributed by atoms with van der Waals surface area (Å²) in [6, 6.07) is 0. The van der Waals surface area contributed by atoms with Crippen LogP contribution >= 0.6 is 11.3 Å². The Balaban J connectivity index is 1.55. The van der Waals surface area contributed by atoms with Gasteiger partial charge in [0.2, 0.25) is 11.8 Å². The van der Waals surface area contributed by atoms with Gasteiger partial charge in [0.15, 0.2) is 0 Å². The van der Waals surface area contributed by atoms with Crippen LogP contribution < -0.4 is 0 Å². The summed E-state index contributed by atoms with van der Waals surface area (Å²) in [5, 5.41) is 3.17. The first-order valence-corrected chi connectivity index (χ1v) is 9.96. The normalized spacial score (nSPS) is 29.3. The third-order valence-corrected chi connectivity index (χ3v) is 7.46. The van der Waals surface area contributed by atoms with Gasteiger partial charge in [-0.05, 0) is 32.4 Å². The number of likely N-dealkylation sites (tertiary alicyclic amines) is 3. The molecule has 25 heavy (non-hydrogen) atoms. The number of amides is 2. The van der Waals surface area contributed by atoms with Crippen molar-refractivity contribution in [3.63, 3.8) is 0 Å². The lowest BCUT2D eigenvalue weighted by Gasteiger charge is -2.46. The summed E-state index contributed by atoms with van der Waals surface area (Å²) in [5.74, 6) is 0.355. The standard InChI is InChI=1S/C18H26N4O2S/c1-14(23)22-12-17(18(13-22)5-7-20(2)16(18)24)3-8-21(9-4-17)11-15-19-6-10-25-15/h6,10H,3-5,7-9,11-13H2,1-2H3. The van der Waals surface area contributed by atoms with Crippen molar-refractivity contribution in [1.29, 1.82) is 0 Å². The largest absolute Gasteiger partial charge is 0.345 e. The minimum absolute atomic E-state index is 0.0557. The van der Waals surface area contributed by atoms with Crippen molar-refractivity contribution in [2.45, 2.75) is 32.7 Å². The van der Waals surface area contributed by atoms with Crippen LogP contribution in [0.25, 0.3) is 0 Å². The number of hydrogen-bond acceptors (Lipinski definition) is 5. The van der Waals surface area contributed by atoms with E-state index in [1.165, 1.54) is 0 Å². The van der Waals surface area contributed by atoms with Gasteiger partial charge in [0.1, 0.15) is 5.01 Å². The van der Waals surface area contributed by atoms with E-state index in [-0.39, 0.29) is 22.6 Å². The minimum atomic E-state index is -0.360. The minimum Gasteiger partial charge on any atom is -0.345 e. The maximum Gasteiger partial charge on any atom is 0.231 e. The Labute approximate surface area is 152 Å². The fourth-order valence-corrected chi connectivity index (χ4v) is 5.82. The van der Waals surface area contributed by atoms with E-state index in [0.29, 0.717) is 6.54 Å². The van der Waals surface area contributed by atoms with Crippen molar-refractivity contribution in [2.75, 3.05) is 39.8 Å². The van der Waals surface area contributed by atoms with Gasteiger partial charge < -0.3 is 9.80 Å². The lowest BCUT2D eigenvalue weighted by atomic mass is 9.60. The molecule has 0 aromatic carbocycles. The smallest absolute Gasteiger partial charge is 0.231 e. The molecule has 3 fully saturated rings. The predicted octanol–water partition coefficient (Wildman–Crippen LogP) is 1.44. The second kappa shape index (κ2) is 6.06. The number of thiazole rings is 1. The average molecular weight is 362 g/mol. The van der Waals surface area contributed by atoms with Crippen LogP contribution in [0.3, 0.4) is 0 Å². The molecule has 2 spiro atoms. The van der Waals surface area contributed by atoms with Crippen LogP contribution in [0.15, 0.2) is 11.6 Å². The van der Waals surface area contributed by atoms with Gasteiger partial charge in [0.25, 0.3) is 0 Å². The number of aromatic nitrogens is 1. The highest BCUT2D eigenvalue weighted by molar-refractivity contribution is 7.09. The van der Waals surface area contributed by atoms with Crippen molar-refractivity contribution in [2.24, 2.45) is 10.8 Å². The van der Waals surface area contributed by atoms with Crippen LogP contribution in [0.4, 0.5) is 0 Å². The quantitative estimate of drug-likeness (QED) is 0.799. The number of piperidine rings is 1. The van der Waals surface area contributed by atoms with Crippen molar-refractivity contribution >= 4 is 23.2 Å². The van der Waals surface area contributed by atoms with Crippen molar-refractivity contribution < 1.29 is 9.59 Å². The van der Waals surface area contributed by atoms with Gasteiger partial charge in [-0.15, -0.1) is 11.3 Å². The molecule has 4 rings (SSSR count). The molecule has 0 N–H and O–H groups in total. The molecule has 136 valence electrons. The lowest BCUT2D eigenvalue weighted by molar-refractivity contribution is -0.141. The predicted molar refractivity (Wildman–Crippen MR) is 96.0 cm³/mol. The highest BCUT2D eigenvalue weighted by Crippen LogP contribution is 2.57. The average Bonchev–Trinajstić information content (AvgIpc) is 3.28. The fraction of sp³-hybridized carbons (Fsp3) is 0.722. The second-order valence-corrected chi connectivity index (χ2v) is 8.90. The first-order valence-electron chi connectivity index (χ1n) is 9.08. The number of carbonyl (C=O) groups is 2. The molecular formula is C18H26N4O2S. The molecule has 3 saturated heterocycles.